The van der Waals surface area contributed by atoms with E-state index in [-0.39, 0.29) is 23.9 Å². The van der Waals surface area contributed by atoms with E-state index in [1.54, 1.807) is 7.05 Å². The molecule has 156 valence electrons. The molecule has 0 radical (unpaired) electrons. The van der Waals surface area contributed by atoms with E-state index in [0.717, 1.165) is 17.8 Å². The fourth-order valence-corrected chi connectivity index (χ4v) is 3.93. The molecule has 1 saturated heterocycles. The molecule has 2 N–H and O–H groups in total. The Morgan fingerprint density at radius 1 is 1.27 bits per heavy atom. The second-order valence-electron chi connectivity index (χ2n) is 7.01. The zero-order valence-electron chi connectivity index (χ0n) is 16.3. The SMILES string of the molecule is Cn1nc(Br)c2c(=O)n(CC(=O)NCc3ccc(N4CCNC(=O)C4)cc3)cnc21. The molecule has 2 aromatic heterocycles. The summed E-state index contributed by atoms with van der Waals surface area (Å²) in [5, 5.41) is 10.1. The number of nitrogens with zero attached hydrogens (tertiary/aromatic N) is 5. The molecule has 1 aromatic carbocycles. The van der Waals surface area contributed by atoms with E-state index < -0.39 is 0 Å². The molecule has 4 rings (SSSR count). The van der Waals surface area contributed by atoms with E-state index in [2.05, 4.69) is 36.6 Å². The number of anilines is 1. The summed E-state index contributed by atoms with van der Waals surface area (Å²) in [7, 11) is 1.70. The van der Waals surface area contributed by atoms with E-state index in [9.17, 15) is 14.4 Å². The summed E-state index contributed by atoms with van der Waals surface area (Å²) >= 11 is 3.26. The number of halogens is 1. The molecule has 0 aliphatic carbocycles. The summed E-state index contributed by atoms with van der Waals surface area (Å²) in [6, 6.07) is 7.69. The topological polar surface area (TPSA) is 114 Å². The Hall–Kier alpha value is -3.21. The number of benzene rings is 1. The molecule has 2 amide bonds. The average Bonchev–Trinajstić information content (AvgIpc) is 3.03. The second-order valence-corrected chi connectivity index (χ2v) is 7.76. The van der Waals surface area contributed by atoms with Crippen LogP contribution in [-0.4, -0.2) is 50.8 Å². The van der Waals surface area contributed by atoms with E-state index >= 15 is 0 Å². The molecular weight excluding hydrogens is 454 g/mol. The number of amides is 2. The first kappa shape index (κ1) is 20.1. The Kier molecular flexibility index (Phi) is 5.53. The van der Waals surface area contributed by atoms with Crippen LogP contribution < -0.4 is 21.1 Å². The Labute approximate surface area is 180 Å². The van der Waals surface area contributed by atoms with Gasteiger partial charge in [0.1, 0.15) is 22.9 Å². The fourth-order valence-electron chi connectivity index (χ4n) is 3.34. The van der Waals surface area contributed by atoms with Crippen LogP contribution in [0.4, 0.5) is 5.69 Å². The molecule has 3 aromatic rings. The van der Waals surface area contributed by atoms with Crippen LogP contribution in [0.15, 0.2) is 40.0 Å². The lowest BCUT2D eigenvalue weighted by atomic mass is 10.2. The van der Waals surface area contributed by atoms with Crippen LogP contribution in [0, 0.1) is 0 Å². The highest BCUT2D eigenvalue weighted by molar-refractivity contribution is 9.10. The van der Waals surface area contributed by atoms with Crippen LogP contribution in [0.1, 0.15) is 5.56 Å². The van der Waals surface area contributed by atoms with Crippen molar-refractivity contribution >= 4 is 44.5 Å². The molecule has 10 nitrogen and oxygen atoms in total. The van der Waals surface area contributed by atoms with Crippen molar-refractivity contribution < 1.29 is 9.59 Å². The molecule has 0 spiro atoms. The maximum atomic E-state index is 12.6. The number of aryl methyl sites for hydroxylation is 1. The molecule has 0 saturated carbocycles. The maximum absolute atomic E-state index is 12.6. The minimum Gasteiger partial charge on any atom is -0.360 e. The lowest BCUT2D eigenvalue weighted by Crippen LogP contribution is -2.47. The first-order valence-electron chi connectivity index (χ1n) is 9.37. The molecule has 3 heterocycles. The van der Waals surface area contributed by atoms with E-state index in [1.807, 2.05) is 29.2 Å². The Bertz CT molecular complexity index is 1170. The lowest BCUT2D eigenvalue weighted by Gasteiger charge is -2.28. The van der Waals surface area contributed by atoms with Gasteiger partial charge in [0.05, 0.1) is 6.54 Å². The normalized spacial score (nSPS) is 14.1. The van der Waals surface area contributed by atoms with Gasteiger partial charge in [-0.1, -0.05) is 12.1 Å². The summed E-state index contributed by atoms with van der Waals surface area (Å²) in [4.78, 5) is 42.7. The molecule has 0 unspecified atom stereocenters. The first-order chi connectivity index (χ1) is 14.4. The van der Waals surface area contributed by atoms with Crippen molar-refractivity contribution in [2.45, 2.75) is 13.1 Å². The van der Waals surface area contributed by atoms with Gasteiger partial charge in [0.25, 0.3) is 5.56 Å². The van der Waals surface area contributed by atoms with Crippen LogP contribution in [-0.2, 0) is 29.7 Å². The van der Waals surface area contributed by atoms with Crippen molar-refractivity contribution in [3.05, 3.63) is 51.1 Å². The van der Waals surface area contributed by atoms with Crippen molar-refractivity contribution in [2.75, 3.05) is 24.5 Å². The van der Waals surface area contributed by atoms with Gasteiger partial charge in [-0.25, -0.2) is 9.67 Å². The number of rotatable bonds is 5. The highest BCUT2D eigenvalue weighted by Crippen LogP contribution is 2.17. The van der Waals surface area contributed by atoms with Crippen molar-refractivity contribution in [2.24, 2.45) is 7.05 Å². The van der Waals surface area contributed by atoms with Crippen LogP contribution >= 0.6 is 15.9 Å². The number of fused-ring (bicyclic) bond motifs is 1. The monoisotopic (exact) mass is 473 g/mol. The Balaban J connectivity index is 1.38. The van der Waals surface area contributed by atoms with Crippen LogP contribution in [0.25, 0.3) is 11.0 Å². The number of piperazine rings is 1. The van der Waals surface area contributed by atoms with Crippen LogP contribution in [0.5, 0.6) is 0 Å². The molecular formula is C19H20BrN7O3. The van der Waals surface area contributed by atoms with Crippen molar-refractivity contribution in [3.63, 3.8) is 0 Å². The fraction of sp³-hybridized carbons (Fsp3) is 0.316. The largest absolute Gasteiger partial charge is 0.360 e. The molecule has 1 aliphatic rings. The Morgan fingerprint density at radius 2 is 2.03 bits per heavy atom. The molecule has 0 atom stereocenters. The van der Waals surface area contributed by atoms with Crippen molar-refractivity contribution in [1.82, 2.24) is 30.0 Å². The third-order valence-electron chi connectivity index (χ3n) is 4.91. The van der Waals surface area contributed by atoms with Gasteiger partial charge in [-0.05, 0) is 33.6 Å². The van der Waals surface area contributed by atoms with Gasteiger partial charge < -0.3 is 15.5 Å². The van der Waals surface area contributed by atoms with Gasteiger partial charge >= 0.3 is 0 Å². The predicted octanol–water partition coefficient (Wildman–Crippen LogP) is 0.145. The van der Waals surface area contributed by atoms with Crippen LogP contribution in [0.2, 0.25) is 0 Å². The number of hydrogen-bond acceptors (Lipinski definition) is 6. The molecule has 0 bridgehead atoms. The van der Waals surface area contributed by atoms with Gasteiger partial charge in [-0.2, -0.15) is 5.10 Å². The number of aromatic nitrogens is 4. The van der Waals surface area contributed by atoms with Gasteiger partial charge in [0, 0.05) is 32.4 Å². The lowest BCUT2D eigenvalue weighted by molar-refractivity contribution is -0.122. The number of carbonyl (C=O) groups is 2. The Morgan fingerprint density at radius 3 is 2.77 bits per heavy atom. The van der Waals surface area contributed by atoms with Crippen molar-refractivity contribution in [1.29, 1.82) is 0 Å². The standard InChI is InChI=1S/C19H20BrN7O3/c1-25-18-16(17(20)24-25)19(30)27(11-23-18)10-15(29)22-8-12-2-4-13(5-3-12)26-7-6-21-14(28)9-26/h2-5,11H,6-10H2,1H3,(H,21,28)(H,22,29). The third-order valence-corrected chi connectivity index (χ3v) is 5.47. The van der Waals surface area contributed by atoms with E-state index in [1.165, 1.54) is 15.6 Å². The molecule has 30 heavy (non-hydrogen) atoms. The summed E-state index contributed by atoms with van der Waals surface area (Å²) in [5.41, 5.74) is 2.01. The summed E-state index contributed by atoms with van der Waals surface area (Å²) in [5.74, 6) is -0.283. The van der Waals surface area contributed by atoms with Gasteiger partial charge in [-0.15, -0.1) is 0 Å². The van der Waals surface area contributed by atoms with Gasteiger partial charge in [-0.3, -0.25) is 19.0 Å². The number of nitrogens with one attached hydrogen (secondary N) is 2. The maximum Gasteiger partial charge on any atom is 0.266 e. The van der Waals surface area contributed by atoms with Crippen LogP contribution in [0.3, 0.4) is 0 Å². The highest BCUT2D eigenvalue weighted by Gasteiger charge is 2.17. The van der Waals surface area contributed by atoms with E-state index in [0.29, 0.717) is 35.3 Å². The number of hydrogen-bond donors (Lipinski definition) is 2. The zero-order chi connectivity index (χ0) is 21.3. The average molecular weight is 474 g/mol. The first-order valence-corrected chi connectivity index (χ1v) is 10.2. The van der Waals surface area contributed by atoms with Gasteiger partial charge in [0.15, 0.2) is 5.65 Å². The second kappa shape index (κ2) is 8.27. The summed E-state index contributed by atoms with van der Waals surface area (Å²) in [6.45, 7) is 1.94. The smallest absolute Gasteiger partial charge is 0.266 e. The number of carbonyl (C=O) groups excluding carboxylic acids is 2. The minimum absolute atomic E-state index is 0.0128. The minimum atomic E-state index is -0.329. The highest BCUT2D eigenvalue weighted by atomic mass is 79.9. The molecule has 1 fully saturated rings. The molecule has 11 heteroatoms. The predicted molar refractivity (Wildman–Crippen MR) is 114 cm³/mol. The zero-order valence-corrected chi connectivity index (χ0v) is 17.8. The molecule has 1 aliphatic heterocycles. The van der Waals surface area contributed by atoms with E-state index in [4.69, 9.17) is 0 Å². The summed E-state index contributed by atoms with van der Waals surface area (Å²) < 4.78 is 3.17. The van der Waals surface area contributed by atoms with Crippen molar-refractivity contribution in [3.8, 4) is 0 Å². The quantitative estimate of drug-likeness (QED) is 0.544. The summed E-state index contributed by atoms with van der Waals surface area (Å²) in [6.07, 6.45) is 1.35. The van der Waals surface area contributed by atoms with Gasteiger partial charge in [0.2, 0.25) is 11.8 Å². The third kappa shape index (κ3) is 4.06.